The molecule has 1 aromatic carbocycles. The van der Waals surface area contributed by atoms with Gasteiger partial charge in [0.1, 0.15) is 11.9 Å². The molecule has 0 aromatic heterocycles. The van der Waals surface area contributed by atoms with Gasteiger partial charge in [0.15, 0.2) is 0 Å². The van der Waals surface area contributed by atoms with Gasteiger partial charge in [0, 0.05) is 13.1 Å². The highest BCUT2D eigenvalue weighted by molar-refractivity contribution is 5.81. The van der Waals surface area contributed by atoms with E-state index in [4.69, 9.17) is 4.74 Å². The molecular formula is C16H21FN2O2. The lowest BCUT2D eigenvalue weighted by Gasteiger charge is -2.34. The summed E-state index contributed by atoms with van der Waals surface area (Å²) in [6.07, 6.45) is 1.16. The van der Waals surface area contributed by atoms with Gasteiger partial charge < -0.3 is 15.4 Å². The molecule has 0 spiro atoms. The summed E-state index contributed by atoms with van der Waals surface area (Å²) in [6.45, 7) is 3.95. The van der Waals surface area contributed by atoms with E-state index in [1.54, 1.807) is 6.07 Å². The van der Waals surface area contributed by atoms with E-state index >= 15 is 0 Å². The zero-order chi connectivity index (χ0) is 14.8. The Hall–Kier alpha value is -1.46. The van der Waals surface area contributed by atoms with Crippen molar-refractivity contribution in [2.45, 2.75) is 31.9 Å². The second-order valence-electron chi connectivity index (χ2n) is 5.87. The molecule has 1 aliphatic heterocycles. The van der Waals surface area contributed by atoms with Crippen LogP contribution in [0.15, 0.2) is 18.2 Å². The van der Waals surface area contributed by atoms with Crippen LogP contribution in [0.25, 0.3) is 0 Å². The van der Waals surface area contributed by atoms with Crippen LogP contribution < -0.4 is 10.6 Å². The molecule has 0 bridgehead atoms. The first-order valence-electron chi connectivity index (χ1n) is 7.57. The van der Waals surface area contributed by atoms with E-state index in [1.807, 2.05) is 6.07 Å². The lowest BCUT2D eigenvalue weighted by Crippen LogP contribution is -2.49. The second kappa shape index (κ2) is 6.12. The lowest BCUT2D eigenvalue weighted by molar-refractivity contribution is -0.135. The molecule has 3 atom stereocenters. The third-order valence-corrected chi connectivity index (χ3v) is 4.43. The largest absolute Gasteiger partial charge is 0.366 e. The van der Waals surface area contributed by atoms with E-state index in [9.17, 15) is 9.18 Å². The Morgan fingerprint density at radius 1 is 1.48 bits per heavy atom. The van der Waals surface area contributed by atoms with E-state index in [0.29, 0.717) is 19.1 Å². The van der Waals surface area contributed by atoms with Gasteiger partial charge in [0.25, 0.3) is 5.91 Å². The van der Waals surface area contributed by atoms with Crippen molar-refractivity contribution in [2.24, 2.45) is 5.92 Å². The van der Waals surface area contributed by atoms with Crippen molar-refractivity contribution in [3.63, 3.8) is 0 Å². The molecule has 1 saturated heterocycles. The third-order valence-electron chi connectivity index (χ3n) is 4.43. The lowest BCUT2D eigenvalue weighted by atomic mass is 9.80. The molecule has 2 N–H and O–H groups in total. The van der Waals surface area contributed by atoms with Crippen LogP contribution in [-0.2, 0) is 16.0 Å². The Morgan fingerprint density at radius 3 is 3.10 bits per heavy atom. The van der Waals surface area contributed by atoms with E-state index in [2.05, 4.69) is 17.6 Å². The number of rotatable bonds is 2. The Morgan fingerprint density at radius 2 is 2.33 bits per heavy atom. The molecule has 0 radical (unpaired) electrons. The smallest absolute Gasteiger partial charge is 0.250 e. The highest BCUT2D eigenvalue weighted by Gasteiger charge is 2.32. The van der Waals surface area contributed by atoms with Crippen molar-refractivity contribution in [1.29, 1.82) is 0 Å². The van der Waals surface area contributed by atoms with Crippen molar-refractivity contribution in [1.82, 2.24) is 10.6 Å². The van der Waals surface area contributed by atoms with Crippen LogP contribution in [-0.4, -0.2) is 31.7 Å². The zero-order valence-electron chi connectivity index (χ0n) is 12.2. The normalized spacial score (nSPS) is 28.8. The number of hydrogen-bond donors (Lipinski definition) is 2. The molecule has 2 aliphatic rings. The van der Waals surface area contributed by atoms with Crippen LogP contribution in [0.4, 0.5) is 4.39 Å². The number of amides is 1. The van der Waals surface area contributed by atoms with Crippen LogP contribution in [0.3, 0.4) is 0 Å². The van der Waals surface area contributed by atoms with Crippen LogP contribution in [0.1, 0.15) is 30.5 Å². The van der Waals surface area contributed by atoms with Crippen molar-refractivity contribution in [3.8, 4) is 0 Å². The average Bonchev–Trinajstić information content (AvgIpc) is 2.51. The van der Waals surface area contributed by atoms with E-state index < -0.39 is 6.10 Å². The monoisotopic (exact) mass is 292 g/mol. The molecule has 3 rings (SSSR count). The third kappa shape index (κ3) is 2.94. The molecule has 21 heavy (non-hydrogen) atoms. The second-order valence-corrected chi connectivity index (χ2v) is 5.87. The van der Waals surface area contributed by atoms with Crippen LogP contribution in [0.2, 0.25) is 0 Å². The predicted octanol–water partition coefficient (Wildman–Crippen LogP) is 1.55. The Kier molecular flexibility index (Phi) is 4.22. The summed E-state index contributed by atoms with van der Waals surface area (Å²) in [6, 6.07) is 4.98. The van der Waals surface area contributed by atoms with Gasteiger partial charge in [0.05, 0.1) is 12.6 Å². The van der Waals surface area contributed by atoms with Crippen LogP contribution in [0, 0.1) is 11.7 Å². The molecule has 114 valence electrons. The Labute approximate surface area is 124 Å². The number of fused-ring (bicyclic) bond motifs is 1. The first-order valence-corrected chi connectivity index (χ1v) is 7.57. The van der Waals surface area contributed by atoms with Crippen LogP contribution >= 0.6 is 0 Å². The minimum Gasteiger partial charge on any atom is -0.366 e. The molecule has 4 nitrogen and oxygen atoms in total. The van der Waals surface area contributed by atoms with Crippen molar-refractivity contribution in [3.05, 3.63) is 35.1 Å². The maximum Gasteiger partial charge on any atom is 0.250 e. The predicted molar refractivity (Wildman–Crippen MR) is 77.4 cm³/mol. The fourth-order valence-corrected chi connectivity index (χ4v) is 3.18. The zero-order valence-corrected chi connectivity index (χ0v) is 12.2. The number of benzene rings is 1. The minimum atomic E-state index is -0.454. The molecule has 1 amide bonds. The summed E-state index contributed by atoms with van der Waals surface area (Å²) in [5, 5.41) is 6.20. The summed E-state index contributed by atoms with van der Waals surface area (Å²) in [5.41, 5.74) is 1.65. The molecule has 5 heteroatoms. The number of halogens is 1. The van der Waals surface area contributed by atoms with Crippen molar-refractivity contribution < 1.29 is 13.9 Å². The SMILES string of the molecule is CC1CCc2c(F)cccc2C1NC(=O)C1CNCCO1. The summed E-state index contributed by atoms with van der Waals surface area (Å²) in [7, 11) is 0. The van der Waals surface area contributed by atoms with Crippen LogP contribution in [0.5, 0.6) is 0 Å². The Balaban J connectivity index is 1.78. The number of carbonyl (C=O) groups is 1. The van der Waals surface area contributed by atoms with E-state index in [1.165, 1.54) is 6.07 Å². The molecular weight excluding hydrogens is 271 g/mol. The van der Waals surface area contributed by atoms with E-state index in [0.717, 1.165) is 30.5 Å². The van der Waals surface area contributed by atoms with Gasteiger partial charge in [0.2, 0.25) is 0 Å². The summed E-state index contributed by atoms with van der Waals surface area (Å²) >= 11 is 0. The van der Waals surface area contributed by atoms with Gasteiger partial charge in [-0.05, 0) is 36.0 Å². The molecule has 3 unspecified atom stereocenters. The molecule has 0 saturated carbocycles. The first-order chi connectivity index (χ1) is 10.2. The van der Waals surface area contributed by atoms with E-state index in [-0.39, 0.29) is 17.8 Å². The fourth-order valence-electron chi connectivity index (χ4n) is 3.18. The molecule has 1 aromatic rings. The first kappa shape index (κ1) is 14.5. The van der Waals surface area contributed by atoms with Crippen molar-refractivity contribution in [2.75, 3.05) is 19.7 Å². The molecule has 1 aliphatic carbocycles. The molecule has 1 heterocycles. The maximum absolute atomic E-state index is 13.9. The number of ether oxygens (including phenoxy) is 1. The summed E-state index contributed by atoms with van der Waals surface area (Å²) < 4.78 is 19.4. The number of hydrogen-bond acceptors (Lipinski definition) is 3. The van der Waals surface area contributed by atoms with Gasteiger partial charge >= 0.3 is 0 Å². The quantitative estimate of drug-likeness (QED) is 0.869. The van der Waals surface area contributed by atoms with Gasteiger partial charge in [-0.15, -0.1) is 0 Å². The van der Waals surface area contributed by atoms with Gasteiger partial charge in [-0.1, -0.05) is 19.1 Å². The minimum absolute atomic E-state index is 0.115. The standard InChI is InChI=1S/C16H21FN2O2/c1-10-5-6-11-12(3-2-4-13(11)17)15(10)19-16(20)14-9-18-7-8-21-14/h2-4,10,14-15,18H,5-9H2,1H3,(H,19,20). The highest BCUT2D eigenvalue weighted by atomic mass is 19.1. The summed E-state index contributed by atoms with van der Waals surface area (Å²) in [5.74, 6) is 0.00481. The van der Waals surface area contributed by atoms with Gasteiger partial charge in [-0.3, -0.25) is 4.79 Å². The topological polar surface area (TPSA) is 50.4 Å². The number of carbonyl (C=O) groups excluding carboxylic acids is 1. The molecule has 1 fully saturated rings. The highest BCUT2D eigenvalue weighted by Crippen LogP contribution is 2.35. The van der Waals surface area contributed by atoms with Gasteiger partial charge in [-0.2, -0.15) is 0 Å². The maximum atomic E-state index is 13.9. The number of nitrogens with one attached hydrogen (secondary N) is 2. The Bertz CT molecular complexity index is 529. The van der Waals surface area contributed by atoms with Crippen molar-refractivity contribution >= 4 is 5.91 Å². The fraction of sp³-hybridized carbons (Fsp3) is 0.562. The van der Waals surface area contributed by atoms with Gasteiger partial charge in [-0.25, -0.2) is 4.39 Å². The number of morpholine rings is 1. The average molecular weight is 292 g/mol. The summed E-state index contributed by atoms with van der Waals surface area (Å²) in [4.78, 5) is 12.3.